The summed E-state index contributed by atoms with van der Waals surface area (Å²) >= 11 is 9.45. The maximum Gasteiger partial charge on any atom is 0.123 e. The molecular weight excluding hydrogens is 331 g/mol. The van der Waals surface area contributed by atoms with Gasteiger partial charge in [-0.3, -0.25) is 0 Å². The van der Waals surface area contributed by atoms with E-state index in [1.54, 1.807) is 12.1 Å². The highest BCUT2D eigenvalue weighted by atomic mass is 79.9. The number of halogens is 3. The maximum atomic E-state index is 13.2. The molecule has 100 valence electrons. The predicted molar refractivity (Wildman–Crippen MR) is 79.0 cm³/mol. The molecule has 0 aliphatic heterocycles. The van der Waals surface area contributed by atoms with Crippen molar-refractivity contribution >= 4 is 27.5 Å². The summed E-state index contributed by atoms with van der Waals surface area (Å²) in [6.07, 6.45) is -0.412. The van der Waals surface area contributed by atoms with Crippen molar-refractivity contribution in [1.29, 1.82) is 0 Å². The molecule has 4 heteroatoms. The number of rotatable bonds is 3. The van der Waals surface area contributed by atoms with Gasteiger partial charge in [-0.2, -0.15) is 0 Å². The second kappa shape index (κ2) is 6.04. The van der Waals surface area contributed by atoms with Crippen LogP contribution in [0.2, 0.25) is 5.02 Å². The fraction of sp³-hybridized carbons (Fsp3) is 0.200. The van der Waals surface area contributed by atoms with Gasteiger partial charge in [0.1, 0.15) is 5.82 Å². The van der Waals surface area contributed by atoms with Gasteiger partial charge >= 0.3 is 0 Å². The third-order valence-electron chi connectivity index (χ3n) is 3.03. The van der Waals surface area contributed by atoms with Gasteiger partial charge in [-0.1, -0.05) is 39.7 Å². The summed E-state index contributed by atoms with van der Waals surface area (Å²) in [4.78, 5) is 0. The summed E-state index contributed by atoms with van der Waals surface area (Å²) < 4.78 is 14.1. The van der Waals surface area contributed by atoms with E-state index in [-0.39, 0.29) is 5.82 Å². The average Bonchev–Trinajstić information content (AvgIpc) is 2.35. The van der Waals surface area contributed by atoms with E-state index < -0.39 is 6.10 Å². The highest BCUT2D eigenvalue weighted by molar-refractivity contribution is 9.10. The smallest absolute Gasteiger partial charge is 0.123 e. The number of aliphatic hydroxyl groups excluding tert-OH is 1. The Morgan fingerprint density at radius 3 is 2.68 bits per heavy atom. The normalized spacial score (nSPS) is 12.5. The van der Waals surface area contributed by atoms with Crippen LogP contribution < -0.4 is 0 Å². The van der Waals surface area contributed by atoms with E-state index in [1.807, 2.05) is 19.1 Å². The highest BCUT2D eigenvalue weighted by Gasteiger charge is 2.14. The van der Waals surface area contributed by atoms with Crippen LogP contribution in [0.15, 0.2) is 40.9 Å². The Bertz CT molecular complexity index is 601. The predicted octanol–water partition coefficient (Wildman–Crippen LogP) is 4.83. The van der Waals surface area contributed by atoms with Gasteiger partial charge in [0.25, 0.3) is 0 Å². The summed E-state index contributed by atoms with van der Waals surface area (Å²) in [6.45, 7) is 1.85. The van der Waals surface area contributed by atoms with Crippen molar-refractivity contribution < 1.29 is 9.50 Å². The van der Waals surface area contributed by atoms with Crippen molar-refractivity contribution in [2.24, 2.45) is 0 Å². The lowest BCUT2D eigenvalue weighted by Crippen LogP contribution is -2.05. The molecule has 0 saturated carbocycles. The number of hydrogen-bond donors (Lipinski definition) is 1. The van der Waals surface area contributed by atoms with E-state index >= 15 is 0 Å². The molecule has 0 heterocycles. The second-order valence-electron chi connectivity index (χ2n) is 4.46. The lowest BCUT2D eigenvalue weighted by Gasteiger charge is -2.15. The molecule has 0 aliphatic rings. The Morgan fingerprint density at radius 1 is 1.26 bits per heavy atom. The van der Waals surface area contributed by atoms with E-state index in [2.05, 4.69) is 15.9 Å². The molecule has 2 rings (SSSR count). The summed E-state index contributed by atoms with van der Waals surface area (Å²) in [6, 6.07) is 9.92. The van der Waals surface area contributed by atoms with Crippen LogP contribution in [0.5, 0.6) is 0 Å². The van der Waals surface area contributed by atoms with Crippen molar-refractivity contribution in [2.75, 3.05) is 0 Å². The van der Waals surface area contributed by atoms with Gasteiger partial charge in [-0.05, 0) is 47.9 Å². The Labute approximate surface area is 125 Å². The van der Waals surface area contributed by atoms with E-state index in [0.717, 1.165) is 15.6 Å². The highest BCUT2D eigenvalue weighted by Crippen LogP contribution is 2.27. The van der Waals surface area contributed by atoms with E-state index in [4.69, 9.17) is 11.6 Å². The molecular formula is C15H13BrClFO. The van der Waals surface area contributed by atoms with Crippen LogP contribution in [0.3, 0.4) is 0 Å². The van der Waals surface area contributed by atoms with Gasteiger partial charge in [0.2, 0.25) is 0 Å². The van der Waals surface area contributed by atoms with E-state index in [0.29, 0.717) is 17.0 Å². The molecule has 0 bridgehead atoms. The standard InChI is InChI=1S/C15H13BrClFO/c1-9-2-5-12(18)8-13(9)15(19)6-10-3-4-11(16)7-14(10)17/h2-5,7-8,15,19H,6H2,1H3. The molecule has 0 aliphatic carbocycles. The molecule has 1 atom stereocenters. The molecule has 2 aromatic carbocycles. The van der Waals surface area contributed by atoms with Crippen LogP contribution in [0.4, 0.5) is 4.39 Å². The first kappa shape index (κ1) is 14.5. The zero-order chi connectivity index (χ0) is 14.0. The van der Waals surface area contributed by atoms with Gasteiger partial charge < -0.3 is 5.11 Å². The summed E-state index contributed by atoms with van der Waals surface area (Å²) in [7, 11) is 0. The molecule has 19 heavy (non-hydrogen) atoms. The molecule has 1 N–H and O–H groups in total. The number of benzene rings is 2. The van der Waals surface area contributed by atoms with Gasteiger partial charge in [0.15, 0.2) is 0 Å². The van der Waals surface area contributed by atoms with Crippen molar-refractivity contribution in [3.63, 3.8) is 0 Å². The number of aryl methyl sites for hydroxylation is 1. The van der Waals surface area contributed by atoms with Crippen LogP contribution in [-0.4, -0.2) is 5.11 Å². The first-order valence-corrected chi connectivity index (χ1v) is 7.02. The summed E-state index contributed by atoms with van der Waals surface area (Å²) in [5.74, 6) is -0.346. The minimum absolute atomic E-state index is 0.346. The van der Waals surface area contributed by atoms with Crippen LogP contribution in [0.1, 0.15) is 22.8 Å². The topological polar surface area (TPSA) is 20.2 Å². The zero-order valence-corrected chi connectivity index (χ0v) is 12.7. The monoisotopic (exact) mass is 342 g/mol. The maximum absolute atomic E-state index is 13.2. The molecule has 0 spiro atoms. The van der Waals surface area contributed by atoms with Crippen LogP contribution in [0, 0.1) is 12.7 Å². The van der Waals surface area contributed by atoms with Crippen molar-refractivity contribution in [2.45, 2.75) is 19.4 Å². The quantitative estimate of drug-likeness (QED) is 0.846. The van der Waals surface area contributed by atoms with Crippen LogP contribution in [-0.2, 0) is 6.42 Å². The minimum atomic E-state index is -0.769. The summed E-state index contributed by atoms with van der Waals surface area (Å²) in [5.41, 5.74) is 2.29. The Balaban J connectivity index is 2.25. The zero-order valence-electron chi connectivity index (χ0n) is 10.3. The first-order valence-electron chi connectivity index (χ1n) is 5.85. The van der Waals surface area contributed by atoms with Crippen LogP contribution in [0.25, 0.3) is 0 Å². The molecule has 0 amide bonds. The molecule has 0 fully saturated rings. The minimum Gasteiger partial charge on any atom is -0.388 e. The summed E-state index contributed by atoms with van der Waals surface area (Å²) in [5, 5.41) is 10.8. The van der Waals surface area contributed by atoms with E-state index in [1.165, 1.54) is 12.1 Å². The van der Waals surface area contributed by atoms with Gasteiger partial charge in [0.05, 0.1) is 6.10 Å². The van der Waals surface area contributed by atoms with Gasteiger partial charge in [-0.25, -0.2) is 4.39 Å². The largest absolute Gasteiger partial charge is 0.388 e. The number of aliphatic hydroxyl groups is 1. The molecule has 1 unspecified atom stereocenters. The lowest BCUT2D eigenvalue weighted by molar-refractivity contribution is 0.177. The van der Waals surface area contributed by atoms with Gasteiger partial charge in [0, 0.05) is 15.9 Å². The second-order valence-corrected chi connectivity index (χ2v) is 5.78. The fourth-order valence-electron chi connectivity index (χ4n) is 1.98. The van der Waals surface area contributed by atoms with E-state index in [9.17, 15) is 9.50 Å². The third-order valence-corrected chi connectivity index (χ3v) is 3.87. The fourth-order valence-corrected chi connectivity index (χ4v) is 2.73. The van der Waals surface area contributed by atoms with Crippen molar-refractivity contribution in [3.8, 4) is 0 Å². The van der Waals surface area contributed by atoms with Crippen molar-refractivity contribution in [1.82, 2.24) is 0 Å². The lowest BCUT2D eigenvalue weighted by atomic mass is 9.97. The third kappa shape index (κ3) is 3.56. The molecule has 1 nitrogen and oxygen atoms in total. The van der Waals surface area contributed by atoms with Gasteiger partial charge in [-0.15, -0.1) is 0 Å². The average molecular weight is 344 g/mol. The first-order chi connectivity index (χ1) is 8.97. The Hall–Kier alpha value is -0.900. The molecule has 0 radical (unpaired) electrons. The SMILES string of the molecule is Cc1ccc(F)cc1C(O)Cc1ccc(Br)cc1Cl. The van der Waals surface area contributed by atoms with Crippen molar-refractivity contribution in [3.05, 3.63) is 68.4 Å². The Morgan fingerprint density at radius 2 is 2.00 bits per heavy atom. The molecule has 0 saturated heterocycles. The Kier molecular flexibility index (Phi) is 4.61. The number of hydrogen-bond acceptors (Lipinski definition) is 1. The molecule has 0 aromatic heterocycles. The molecule has 2 aromatic rings. The van der Waals surface area contributed by atoms with Crippen LogP contribution >= 0.6 is 27.5 Å².